The molecule has 6 aliphatic heterocycles. The lowest BCUT2D eigenvalue weighted by molar-refractivity contribution is -0.122. The van der Waals surface area contributed by atoms with E-state index in [1.165, 1.54) is 24.0 Å². The fourth-order valence-corrected chi connectivity index (χ4v) is 8.89. The average molecular weight is 647 g/mol. The van der Waals surface area contributed by atoms with E-state index in [1.54, 1.807) is 0 Å². The molecule has 1 aliphatic carbocycles. The van der Waals surface area contributed by atoms with E-state index in [1.807, 2.05) is 26.2 Å². The Balaban J connectivity index is 0.000000667. The number of carbonyl (C=O) groups is 1. The number of H-pyrrole nitrogens is 1. The number of rotatable bonds is 3. The maximum atomic E-state index is 17.0. The molecule has 252 valence electrons. The highest BCUT2D eigenvalue weighted by Crippen LogP contribution is 2.54. The third-order valence-corrected chi connectivity index (χ3v) is 11.1. The zero-order valence-corrected chi connectivity index (χ0v) is 27.7. The van der Waals surface area contributed by atoms with E-state index in [9.17, 15) is 0 Å². The molecular weight excluding hydrogens is 599 g/mol. The van der Waals surface area contributed by atoms with Crippen LogP contribution in [0.25, 0.3) is 22.9 Å². The van der Waals surface area contributed by atoms with Gasteiger partial charge in [0.15, 0.2) is 5.83 Å². The van der Waals surface area contributed by atoms with Gasteiger partial charge in [-0.25, -0.2) is 4.39 Å². The van der Waals surface area contributed by atoms with Crippen LogP contribution in [0.15, 0.2) is 12.3 Å². The molecule has 8 heterocycles. The molecule has 4 fully saturated rings. The summed E-state index contributed by atoms with van der Waals surface area (Å²) in [5.74, 6) is 1.54. The van der Waals surface area contributed by atoms with Crippen LogP contribution >= 0.6 is 0 Å². The number of aromatic nitrogens is 4. The van der Waals surface area contributed by atoms with Crippen molar-refractivity contribution in [3.8, 4) is 6.01 Å². The molecule has 10 rings (SSSR count). The number of benzene rings is 1. The SMILES string of the molecule is CC.Cc1cc2[nH]ncc2c2c1C1CC1CCNC1CCN(C1)c1nc(OCC34CCCN3CCC4)nc3c1=CNC2C=3F.O=CO. The van der Waals surface area contributed by atoms with Gasteiger partial charge in [0, 0.05) is 30.7 Å². The second kappa shape index (κ2) is 13.0. The average Bonchev–Trinajstić information content (AvgIpc) is 3.53. The van der Waals surface area contributed by atoms with E-state index in [-0.39, 0.29) is 17.8 Å². The smallest absolute Gasteiger partial charge is 0.319 e. The van der Waals surface area contributed by atoms with Crippen LogP contribution in [0.2, 0.25) is 0 Å². The van der Waals surface area contributed by atoms with Gasteiger partial charge in [-0.15, -0.1) is 0 Å². The summed E-state index contributed by atoms with van der Waals surface area (Å²) in [4.78, 5) is 23.0. The molecule has 3 aromatic rings. The molecule has 7 aliphatic rings. The Morgan fingerprint density at radius 1 is 1.15 bits per heavy atom. The van der Waals surface area contributed by atoms with Crippen molar-refractivity contribution in [1.29, 1.82) is 0 Å². The van der Waals surface area contributed by atoms with Crippen molar-refractivity contribution in [3.63, 3.8) is 0 Å². The highest BCUT2D eigenvalue weighted by atomic mass is 19.1. The van der Waals surface area contributed by atoms with Crippen molar-refractivity contribution in [1.82, 2.24) is 35.7 Å². The summed E-state index contributed by atoms with van der Waals surface area (Å²) in [7, 11) is 0. The highest BCUT2D eigenvalue weighted by molar-refractivity contribution is 5.87. The maximum absolute atomic E-state index is 17.0. The highest BCUT2D eigenvalue weighted by Gasteiger charge is 2.45. The Morgan fingerprint density at radius 3 is 2.72 bits per heavy atom. The number of fused-ring (bicyclic) bond motifs is 5. The summed E-state index contributed by atoms with van der Waals surface area (Å²) in [6.45, 7) is 11.5. The van der Waals surface area contributed by atoms with Gasteiger partial charge in [0.05, 0.1) is 22.5 Å². The molecule has 0 amide bonds. The first-order chi connectivity index (χ1) is 23.0. The summed E-state index contributed by atoms with van der Waals surface area (Å²) in [6.07, 6.45) is 11.8. The largest absolute Gasteiger partial charge is 0.483 e. The van der Waals surface area contributed by atoms with Crippen molar-refractivity contribution in [2.75, 3.05) is 44.2 Å². The first-order valence-electron chi connectivity index (χ1n) is 17.4. The predicted molar refractivity (Wildman–Crippen MR) is 179 cm³/mol. The van der Waals surface area contributed by atoms with Crippen molar-refractivity contribution in [3.05, 3.63) is 39.5 Å². The van der Waals surface area contributed by atoms with E-state index in [2.05, 4.69) is 43.6 Å². The van der Waals surface area contributed by atoms with Crippen LogP contribution in [0.1, 0.15) is 87.4 Å². The summed E-state index contributed by atoms with van der Waals surface area (Å²) >= 11 is 0. The number of hydrogen-bond acceptors (Lipinski definition) is 9. The van der Waals surface area contributed by atoms with E-state index in [0.717, 1.165) is 92.3 Å². The molecule has 4 atom stereocenters. The number of halogens is 1. The molecule has 4 unspecified atom stereocenters. The topological polar surface area (TPSA) is 132 Å². The number of hydrogen-bond donors (Lipinski definition) is 4. The molecule has 12 heteroatoms. The fourth-order valence-electron chi connectivity index (χ4n) is 8.89. The van der Waals surface area contributed by atoms with Gasteiger partial charge >= 0.3 is 6.01 Å². The number of aromatic amines is 1. The quantitative estimate of drug-likeness (QED) is 0.315. The zero-order valence-electron chi connectivity index (χ0n) is 27.7. The van der Waals surface area contributed by atoms with Gasteiger partial charge in [-0.1, -0.05) is 13.8 Å². The van der Waals surface area contributed by atoms with E-state index in [0.29, 0.717) is 35.8 Å². The molecule has 0 spiro atoms. The third-order valence-electron chi connectivity index (χ3n) is 11.1. The molecule has 1 aromatic carbocycles. The molecular formula is C35H47FN8O3. The molecule has 47 heavy (non-hydrogen) atoms. The molecule has 6 bridgehead atoms. The number of nitrogens with zero attached hydrogens (tertiary/aromatic N) is 5. The summed E-state index contributed by atoms with van der Waals surface area (Å²) < 4.78 is 23.5. The number of aryl methyl sites for hydroxylation is 1. The maximum Gasteiger partial charge on any atom is 0.319 e. The Kier molecular flexibility index (Phi) is 8.82. The minimum atomic E-state index is -0.641. The number of carboxylic acid groups (broad SMARTS) is 1. The van der Waals surface area contributed by atoms with Crippen molar-refractivity contribution in [2.45, 2.75) is 89.3 Å². The van der Waals surface area contributed by atoms with Crippen LogP contribution in [-0.4, -0.2) is 87.6 Å². The Hall–Kier alpha value is -3.77. The normalized spacial score (nSPS) is 26.6. The van der Waals surface area contributed by atoms with Crippen LogP contribution in [-0.2, 0) is 4.79 Å². The van der Waals surface area contributed by atoms with Crippen molar-refractivity contribution in [2.24, 2.45) is 5.92 Å². The van der Waals surface area contributed by atoms with Crippen LogP contribution in [0.3, 0.4) is 0 Å². The van der Waals surface area contributed by atoms with E-state index in [4.69, 9.17) is 24.6 Å². The van der Waals surface area contributed by atoms with Crippen molar-refractivity contribution >= 4 is 35.2 Å². The molecule has 4 N–H and O–H groups in total. The summed E-state index contributed by atoms with van der Waals surface area (Å²) in [5, 5.41) is 23.7. The van der Waals surface area contributed by atoms with E-state index < -0.39 is 6.04 Å². The number of nitrogens with one attached hydrogen (secondary N) is 3. The Labute approximate surface area is 274 Å². The first-order valence-corrected chi connectivity index (χ1v) is 17.4. The first kappa shape index (κ1) is 31.8. The molecule has 1 saturated carbocycles. The Bertz CT molecular complexity index is 1750. The third kappa shape index (κ3) is 5.62. The second-order valence-corrected chi connectivity index (χ2v) is 13.6. The van der Waals surface area contributed by atoms with Crippen LogP contribution in [0.5, 0.6) is 6.01 Å². The molecule has 11 nitrogen and oxygen atoms in total. The molecule has 0 radical (unpaired) electrons. The van der Waals surface area contributed by atoms with Gasteiger partial charge in [-0.05, 0) is 106 Å². The Morgan fingerprint density at radius 2 is 1.94 bits per heavy atom. The summed E-state index contributed by atoms with van der Waals surface area (Å²) in [5.41, 5.74) is 4.47. The van der Waals surface area contributed by atoms with Crippen LogP contribution in [0, 0.1) is 12.8 Å². The van der Waals surface area contributed by atoms with Gasteiger partial charge in [0.1, 0.15) is 23.8 Å². The van der Waals surface area contributed by atoms with Gasteiger partial charge in [-0.3, -0.25) is 14.8 Å². The second-order valence-electron chi connectivity index (χ2n) is 13.6. The minimum Gasteiger partial charge on any atom is -0.483 e. The predicted octanol–water partition coefficient (Wildman–Crippen LogP) is 3.23. The standard InChI is InChI=1S/C32H39FN8O.C2H6.CH2O2/c1-18-12-24-22(15-36-39-24)26-25(18)21-13-19(21)4-8-34-20-5-11-40(16-20)30-23-14-35-29(26)27(33)28(23)37-31(38-30)42-17-32-6-2-9-41(32)10-3-7-32;1-2;2-1-3/h12,14-15,19-21,29,34-35H,2-11,13,16-17H2,1H3,(H,36,39);1-2H3;1H,(H,2,3). The van der Waals surface area contributed by atoms with Crippen LogP contribution in [0.4, 0.5) is 10.2 Å². The van der Waals surface area contributed by atoms with Crippen LogP contribution < -0.4 is 30.8 Å². The lowest BCUT2D eigenvalue weighted by atomic mass is 9.88. The fraction of sp³-hybridized carbons (Fsp3) is 0.600. The lowest BCUT2D eigenvalue weighted by Crippen LogP contribution is -2.46. The van der Waals surface area contributed by atoms with Gasteiger partial charge < -0.3 is 25.4 Å². The monoisotopic (exact) mass is 646 g/mol. The van der Waals surface area contributed by atoms with Gasteiger partial charge in [-0.2, -0.15) is 15.1 Å². The minimum absolute atomic E-state index is 0.0694. The molecule has 3 saturated heterocycles. The number of anilines is 1. The van der Waals surface area contributed by atoms with E-state index >= 15 is 4.39 Å². The lowest BCUT2D eigenvalue weighted by Gasteiger charge is -2.31. The van der Waals surface area contributed by atoms with Gasteiger partial charge in [0.2, 0.25) is 0 Å². The zero-order chi connectivity index (χ0) is 32.7. The number of ether oxygens (including phenoxy) is 1. The molecule has 2 aromatic heterocycles. The summed E-state index contributed by atoms with van der Waals surface area (Å²) in [6, 6.07) is 2.22. The van der Waals surface area contributed by atoms with Gasteiger partial charge in [0.25, 0.3) is 6.47 Å². The van der Waals surface area contributed by atoms with Crippen molar-refractivity contribution < 1.29 is 19.0 Å².